The van der Waals surface area contributed by atoms with Crippen molar-refractivity contribution in [1.29, 1.82) is 0 Å². The summed E-state index contributed by atoms with van der Waals surface area (Å²) in [6.07, 6.45) is 3.89. The van der Waals surface area contributed by atoms with Crippen LogP contribution in [0.25, 0.3) is 11.3 Å². The lowest BCUT2D eigenvalue weighted by Crippen LogP contribution is -2.30. The first kappa shape index (κ1) is 21.1. The van der Waals surface area contributed by atoms with Crippen LogP contribution >= 0.6 is 12.2 Å². The van der Waals surface area contributed by atoms with Crippen molar-refractivity contribution in [3.05, 3.63) is 77.8 Å². The highest BCUT2D eigenvalue weighted by Gasteiger charge is 2.41. The first-order valence-electron chi connectivity index (χ1n) is 10.4. The van der Waals surface area contributed by atoms with E-state index >= 15 is 0 Å². The zero-order valence-electron chi connectivity index (χ0n) is 17.6. The fraction of sp³-hybridized carbons (Fsp3) is 0.292. The maximum Gasteiger partial charge on any atom is 0.337 e. The van der Waals surface area contributed by atoms with Gasteiger partial charge in [0.15, 0.2) is 5.11 Å². The van der Waals surface area contributed by atoms with Gasteiger partial charge in [-0.25, -0.2) is 4.79 Å². The van der Waals surface area contributed by atoms with Crippen LogP contribution in [0.1, 0.15) is 53.7 Å². The van der Waals surface area contributed by atoms with Gasteiger partial charge in [0.25, 0.3) is 0 Å². The van der Waals surface area contributed by atoms with Crippen molar-refractivity contribution in [2.45, 2.75) is 31.8 Å². The number of hydrogen-bond donors (Lipinski definition) is 1. The van der Waals surface area contributed by atoms with E-state index in [0.29, 0.717) is 16.4 Å². The van der Waals surface area contributed by atoms with Gasteiger partial charge in [-0.15, -0.1) is 0 Å². The van der Waals surface area contributed by atoms with E-state index < -0.39 is 0 Å². The molecular weight excluding hydrogens is 410 g/mol. The highest BCUT2D eigenvalue weighted by molar-refractivity contribution is 7.80. The van der Waals surface area contributed by atoms with E-state index in [-0.39, 0.29) is 18.1 Å². The number of benzene rings is 1. The van der Waals surface area contributed by atoms with Gasteiger partial charge in [-0.3, -0.25) is 4.98 Å². The SMILES string of the molecule is CCCCN1C(=S)N[C@@H](c2ccccn2)[C@@H]1c1ccc(-c2cccc(C(=O)OC)c2)o1. The monoisotopic (exact) mass is 435 g/mol. The zero-order valence-corrected chi connectivity index (χ0v) is 18.4. The molecule has 1 N–H and O–H groups in total. The summed E-state index contributed by atoms with van der Waals surface area (Å²) in [5, 5.41) is 4.14. The number of methoxy groups -OCH3 is 1. The number of aromatic nitrogens is 1. The summed E-state index contributed by atoms with van der Waals surface area (Å²) >= 11 is 5.66. The van der Waals surface area contributed by atoms with E-state index in [4.69, 9.17) is 21.4 Å². The first-order valence-corrected chi connectivity index (χ1v) is 10.8. The first-order chi connectivity index (χ1) is 15.1. The van der Waals surface area contributed by atoms with Crippen LogP contribution in [0, 0.1) is 0 Å². The zero-order chi connectivity index (χ0) is 21.8. The topological polar surface area (TPSA) is 67.6 Å². The van der Waals surface area contributed by atoms with E-state index in [1.165, 1.54) is 7.11 Å². The predicted molar refractivity (Wildman–Crippen MR) is 123 cm³/mol. The molecular formula is C24H25N3O3S. The normalized spacial score (nSPS) is 18.1. The van der Waals surface area contributed by atoms with Gasteiger partial charge in [0, 0.05) is 18.3 Å². The number of unbranched alkanes of at least 4 members (excludes halogenated alkanes) is 1. The van der Waals surface area contributed by atoms with Crippen molar-refractivity contribution in [2.24, 2.45) is 0 Å². The van der Waals surface area contributed by atoms with E-state index in [2.05, 4.69) is 22.1 Å². The maximum absolute atomic E-state index is 11.9. The van der Waals surface area contributed by atoms with Crippen LogP contribution in [-0.4, -0.2) is 34.6 Å². The maximum atomic E-state index is 11.9. The van der Waals surface area contributed by atoms with Gasteiger partial charge in [-0.2, -0.15) is 0 Å². The Morgan fingerprint density at radius 2 is 2.10 bits per heavy atom. The lowest BCUT2D eigenvalue weighted by atomic mass is 10.0. The molecule has 0 amide bonds. The largest absolute Gasteiger partial charge is 0.465 e. The van der Waals surface area contributed by atoms with Gasteiger partial charge >= 0.3 is 5.97 Å². The molecule has 0 spiro atoms. The molecule has 6 nitrogen and oxygen atoms in total. The Kier molecular flexibility index (Phi) is 6.32. The predicted octanol–water partition coefficient (Wildman–Crippen LogP) is 4.90. The molecule has 2 aromatic heterocycles. The molecule has 0 unspecified atom stereocenters. The third-order valence-electron chi connectivity index (χ3n) is 5.44. The summed E-state index contributed by atoms with van der Waals surface area (Å²) in [5.41, 5.74) is 2.22. The highest BCUT2D eigenvalue weighted by atomic mass is 32.1. The van der Waals surface area contributed by atoms with Crippen LogP contribution in [0.15, 0.2) is 65.2 Å². The number of furan rings is 1. The third-order valence-corrected chi connectivity index (χ3v) is 5.79. The van der Waals surface area contributed by atoms with Gasteiger partial charge in [-0.05, 0) is 55.0 Å². The molecule has 3 aromatic rings. The molecule has 0 bridgehead atoms. The molecule has 3 heterocycles. The Bertz CT molecular complexity index is 1070. The molecule has 0 saturated carbocycles. The lowest BCUT2D eigenvalue weighted by Gasteiger charge is -2.25. The van der Waals surface area contributed by atoms with E-state index in [1.807, 2.05) is 42.5 Å². The van der Waals surface area contributed by atoms with Gasteiger partial charge in [0.2, 0.25) is 0 Å². The minimum Gasteiger partial charge on any atom is -0.465 e. The van der Waals surface area contributed by atoms with Crippen molar-refractivity contribution in [2.75, 3.05) is 13.7 Å². The molecule has 2 atom stereocenters. The summed E-state index contributed by atoms with van der Waals surface area (Å²) in [4.78, 5) is 18.6. The molecule has 1 aliphatic rings. The summed E-state index contributed by atoms with van der Waals surface area (Å²) in [6.45, 7) is 3.00. The summed E-state index contributed by atoms with van der Waals surface area (Å²) in [7, 11) is 1.37. The second-order valence-corrected chi connectivity index (χ2v) is 7.83. The molecule has 1 aliphatic heterocycles. The van der Waals surface area contributed by atoms with Crippen LogP contribution < -0.4 is 5.32 Å². The van der Waals surface area contributed by atoms with Crippen LogP contribution in [0.3, 0.4) is 0 Å². The molecule has 7 heteroatoms. The third kappa shape index (κ3) is 4.32. The molecule has 0 radical (unpaired) electrons. The van der Waals surface area contributed by atoms with E-state index in [1.54, 1.807) is 18.3 Å². The number of thiocarbonyl (C=S) groups is 1. The molecule has 1 aromatic carbocycles. The molecule has 4 rings (SSSR count). The second-order valence-electron chi connectivity index (χ2n) is 7.45. The Morgan fingerprint density at radius 3 is 2.84 bits per heavy atom. The van der Waals surface area contributed by atoms with Crippen molar-refractivity contribution in [3.63, 3.8) is 0 Å². The molecule has 31 heavy (non-hydrogen) atoms. The fourth-order valence-corrected chi connectivity index (χ4v) is 4.20. The molecule has 1 saturated heterocycles. The summed E-state index contributed by atoms with van der Waals surface area (Å²) in [5.74, 6) is 1.12. The Balaban J connectivity index is 1.69. The molecule has 0 aliphatic carbocycles. The number of carbonyl (C=O) groups is 1. The average Bonchev–Trinajstić information content (AvgIpc) is 3.42. The van der Waals surface area contributed by atoms with Gasteiger partial charge in [0.05, 0.1) is 24.4 Å². The minimum absolute atomic E-state index is 0.105. The minimum atomic E-state index is -0.375. The van der Waals surface area contributed by atoms with Crippen LogP contribution in [0.4, 0.5) is 0 Å². The number of pyridine rings is 1. The standard InChI is InChI=1S/C24H25N3O3S/c1-3-4-14-27-22(21(26-24(27)31)18-10-5-6-13-25-18)20-12-11-19(30-20)16-8-7-9-17(15-16)23(28)29-2/h5-13,15,21-22H,3-4,14H2,1-2H3,(H,26,31)/t21-,22-/m0/s1. The Labute approximate surface area is 187 Å². The highest BCUT2D eigenvalue weighted by Crippen LogP contribution is 2.40. The molecule has 1 fully saturated rings. The number of esters is 1. The van der Waals surface area contributed by atoms with Crippen LogP contribution in [0.5, 0.6) is 0 Å². The number of ether oxygens (including phenoxy) is 1. The van der Waals surface area contributed by atoms with Crippen LogP contribution in [0.2, 0.25) is 0 Å². The number of nitrogens with one attached hydrogen (secondary N) is 1. The van der Waals surface area contributed by atoms with Gasteiger partial charge in [0.1, 0.15) is 17.6 Å². The molecule has 160 valence electrons. The van der Waals surface area contributed by atoms with E-state index in [0.717, 1.165) is 36.4 Å². The number of rotatable bonds is 7. The van der Waals surface area contributed by atoms with Gasteiger partial charge in [-0.1, -0.05) is 31.5 Å². The van der Waals surface area contributed by atoms with Crippen molar-refractivity contribution < 1.29 is 13.9 Å². The van der Waals surface area contributed by atoms with Crippen molar-refractivity contribution >= 4 is 23.3 Å². The fourth-order valence-electron chi connectivity index (χ4n) is 3.87. The van der Waals surface area contributed by atoms with Crippen molar-refractivity contribution in [1.82, 2.24) is 15.2 Å². The summed E-state index contributed by atoms with van der Waals surface area (Å²) < 4.78 is 11.1. The Hall–Kier alpha value is -3.19. The van der Waals surface area contributed by atoms with Crippen molar-refractivity contribution in [3.8, 4) is 11.3 Å². The second kappa shape index (κ2) is 9.31. The van der Waals surface area contributed by atoms with Gasteiger partial charge < -0.3 is 19.4 Å². The average molecular weight is 436 g/mol. The number of nitrogens with zero attached hydrogens (tertiary/aromatic N) is 2. The Morgan fingerprint density at radius 1 is 1.23 bits per heavy atom. The van der Waals surface area contributed by atoms with E-state index in [9.17, 15) is 4.79 Å². The summed E-state index contributed by atoms with van der Waals surface area (Å²) in [6, 6.07) is 16.8. The quantitative estimate of drug-likeness (QED) is 0.418. The number of hydrogen-bond acceptors (Lipinski definition) is 5. The smallest absolute Gasteiger partial charge is 0.337 e. The number of carbonyl (C=O) groups excluding carboxylic acids is 1. The lowest BCUT2D eigenvalue weighted by molar-refractivity contribution is 0.0601. The van der Waals surface area contributed by atoms with Crippen LogP contribution in [-0.2, 0) is 4.74 Å².